The summed E-state index contributed by atoms with van der Waals surface area (Å²) in [6.07, 6.45) is 0.812. The largest absolute Gasteiger partial charge is 0.338 e. The fourth-order valence-corrected chi connectivity index (χ4v) is 2.62. The molecule has 98 valence electrons. The molecule has 0 fully saturated rings. The molecule has 1 N–H and O–H groups in total. The minimum atomic E-state index is -1.96. The Labute approximate surface area is 109 Å². The Morgan fingerprint density at radius 1 is 1.39 bits per heavy atom. The third-order valence-corrected chi connectivity index (χ3v) is 3.85. The lowest BCUT2D eigenvalue weighted by Gasteiger charge is -2.30. The Kier molecular flexibility index (Phi) is 3.82. The third-order valence-electron chi connectivity index (χ3n) is 3.20. The average Bonchev–Trinajstić information content (AvgIpc) is 2.36. The van der Waals surface area contributed by atoms with Gasteiger partial charge in [0.05, 0.1) is 4.90 Å². The van der Waals surface area contributed by atoms with E-state index in [2.05, 4.69) is 0 Å². The summed E-state index contributed by atoms with van der Waals surface area (Å²) < 4.78 is 20.1. The molecule has 2 rings (SSSR count). The average molecular weight is 267 g/mol. The number of nitrogens with zero attached hydrogens (tertiary/aromatic N) is 1. The minimum absolute atomic E-state index is 0.0123. The number of amides is 1. The normalized spacial score (nSPS) is 16.6. The Bertz CT molecular complexity index is 499. The number of hydrogen-bond acceptors (Lipinski definition) is 2. The summed E-state index contributed by atoms with van der Waals surface area (Å²) in [7, 11) is 0. The van der Waals surface area contributed by atoms with Crippen molar-refractivity contribution in [2.45, 2.75) is 31.7 Å². The van der Waals surface area contributed by atoms with E-state index in [4.69, 9.17) is 4.55 Å². The maximum Gasteiger partial charge on any atom is 0.225 e. The van der Waals surface area contributed by atoms with Crippen LogP contribution in [0.5, 0.6) is 0 Å². The van der Waals surface area contributed by atoms with Gasteiger partial charge >= 0.3 is 0 Å². The molecule has 1 atom stereocenters. The number of carbonyl (C=O) groups excluding carboxylic acids is 1. The summed E-state index contributed by atoms with van der Waals surface area (Å²) in [6, 6.07) is 5.29. The van der Waals surface area contributed by atoms with E-state index >= 15 is 0 Å². The van der Waals surface area contributed by atoms with E-state index in [1.807, 2.05) is 24.8 Å². The number of fused-ring (bicyclic) bond motifs is 1. The lowest BCUT2D eigenvalue weighted by atomic mass is 9.99. The Morgan fingerprint density at radius 2 is 2.11 bits per heavy atom. The molecule has 1 aliphatic rings. The van der Waals surface area contributed by atoms with Gasteiger partial charge in [-0.15, -0.1) is 0 Å². The van der Waals surface area contributed by atoms with Gasteiger partial charge in [0.15, 0.2) is 11.1 Å². The molecule has 0 aliphatic carbocycles. The van der Waals surface area contributed by atoms with Crippen molar-refractivity contribution >= 4 is 17.0 Å². The van der Waals surface area contributed by atoms with Crippen molar-refractivity contribution in [3.63, 3.8) is 0 Å². The van der Waals surface area contributed by atoms with Crippen LogP contribution in [0.2, 0.25) is 0 Å². The highest BCUT2D eigenvalue weighted by molar-refractivity contribution is 7.79. The molecule has 1 aromatic rings. The van der Waals surface area contributed by atoms with Crippen molar-refractivity contribution in [1.29, 1.82) is 0 Å². The summed E-state index contributed by atoms with van der Waals surface area (Å²) in [5.41, 5.74) is 2.15. The highest BCUT2D eigenvalue weighted by atomic mass is 32.2. The second-order valence-corrected chi connectivity index (χ2v) is 5.81. The van der Waals surface area contributed by atoms with Crippen LogP contribution in [0.3, 0.4) is 0 Å². The molecule has 0 aromatic heterocycles. The fourth-order valence-electron chi connectivity index (χ4n) is 2.20. The second-order valence-electron chi connectivity index (χ2n) is 4.84. The minimum Gasteiger partial charge on any atom is -0.338 e. The molecule has 5 heteroatoms. The molecule has 0 spiro atoms. The smallest absolute Gasteiger partial charge is 0.225 e. The first-order chi connectivity index (χ1) is 8.49. The predicted octanol–water partition coefficient (Wildman–Crippen LogP) is 1.81. The van der Waals surface area contributed by atoms with E-state index in [0.717, 1.165) is 24.1 Å². The number of carbonyl (C=O) groups is 1. The maximum atomic E-state index is 11.9. The van der Waals surface area contributed by atoms with Crippen molar-refractivity contribution in [1.82, 2.24) is 4.90 Å². The molecule has 1 unspecified atom stereocenters. The monoisotopic (exact) mass is 267 g/mol. The van der Waals surface area contributed by atoms with Crippen LogP contribution >= 0.6 is 0 Å². The fraction of sp³-hybridized carbons (Fsp3) is 0.462. The third kappa shape index (κ3) is 2.62. The van der Waals surface area contributed by atoms with Crippen LogP contribution in [0.15, 0.2) is 23.1 Å². The van der Waals surface area contributed by atoms with Gasteiger partial charge in [0.25, 0.3) is 0 Å². The molecular formula is C13H17NO3S. The van der Waals surface area contributed by atoms with Crippen LogP contribution in [0, 0.1) is 5.92 Å². The van der Waals surface area contributed by atoms with Gasteiger partial charge in [-0.1, -0.05) is 19.9 Å². The first kappa shape index (κ1) is 13.2. The van der Waals surface area contributed by atoms with Crippen molar-refractivity contribution in [3.8, 4) is 0 Å². The number of benzene rings is 1. The van der Waals surface area contributed by atoms with Crippen LogP contribution in [-0.2, 0) is 28.8 Å². The van der Waals surface area contributed by atoms with Gasteiger partial charge in [0.1, 0.15) is 0 Å². The summed E-state index contributed by atoms with van der Waals surface area (Å²) in [6.45, 7) is 5.04. The van der Waals surface area contributed by atoms with Crippen LogP contribution in [0.25, 0.3) is 0 Å². The van der Waals surface area contributed by atoms with E-state index < -0.39 is 11.1 Å². The topological polar surface area (TPSA) is 57.6 Å². The molecule has 4 nitrogen and oxygen atoms in total. The van der Waals surface area contributed by atoms with Crippen molar-refractivity contribution in [2.24, 2.45) is 5.92 Å². The molecular weight excluding hydrogens is 250 g/mol. The molecule has 1 amide bonds. The molecule has 1 aromatic carbocycles. The molecule has 1 aliphatic heterocycles. The summed E-state index contributed by atoms with van der Waals surface area (Å²) in [4.78, 5) is 14.2. The summed E-state index contributed by atoms with van der Waals surface area (Å²) >= 11 is -1.96. The molecule has 0 saturated carbocycles. The zero-order valence-electron chi connectivity index (χ0n) is 10.5. The molecule has 0 saturated heterocycles. The van der Waals surface area contributed by atoms with Crippen molar-refractivity contribution < 1.29 is 13.6 Å². The van der Waals surface area contributed by atoms with E-state index in [-0.39, 0.29) is 11.8 Å². The van der Waals surface area contributed by atoms with Gasteiger partial charge in [-0.25, -0.2) is 4.21 Å². The molecule has 1 heterocycles. The first-order valence-electron chi connectivity index (χ1n) is 6.00. The standard InChI is InChI=1S/C13H17NO3S/c1-9(2)13(15)14-6-5-10-3-4-12(18(16)17)7-11(10)8-14/h3-4,7,9H,5-6,8H2,1-2H3,(H,16,17). The first-order valence-corrected chi connectivity index (χ1v) is 7.11. The lowest BCUT2D eigenvalue weighted by molar-refractivity contribution is -0.135. The van der Waals surface area contributed by atoms with Gasteiger partial charge in [-0.3, -0.25) is 4.79 Å². The van der Waals surface area contributed by atoms with Crippen LogP contribution in [0.1, 0.15) is 25.0 Å². The van der Waals surface area contributed by atoms with Gasteiger partial charge < -0.3 is 9.45 Å². The quantitative estimate of drug-likeness (QED) is 0.831. The zero-order valence-corrected chi connectivity index (χ0v) is 11.4. The van der Waals surface area contributed by atoms with E-state index in [1.165, 1.54) is 0 Å². The van der Waals surface area contributed by atoms with Gasteiger partial charge in [0.2, 0.25) is 5.91 Å². The molecule has 0 bridgehead atoms. The predicted molar refractivity (Wildman–Crippen MR) is 69.4 cm³/mol. The van der Waals surface area contributed by atoms with Crippen molar-refractivity contribution in [3.05, 3.63) is 29.3 Å². The van der Waals surface area contributed by atoms with E-state index in [0.29, 0.717) is 11.4 Å². The summed E-state index contributed by atoms with van der Waals surface area (Å²) in [5.74, 6) is 0.123. The number of hydrogen-bond donors (Lipinski definition) is 1. The Hall–Kier alpha value is -1.20. The van der Waals surface area contributed by atoms with E-state index in [1.54, 1.807) is 12.1 Å². The summed E-state index contributed by atoms with van der Waals surface area (Å²) in [5, 5.41) is 0. The zero-order chi connectivity index (χ0) is 13.3. The molecule has 18 heavy (non-hydrogen) atoms. The lowest BCUT2D eigenvalue weighted by Crippen LogP contribution is -2.38. The second kappa shape index (κ2) is 5.20. The van der Waals surface area contributed by atoms with Gasteiger partial charge in [0, 0.05) is 19.0 Å². The Morgan fingerprint density at radius 3 is 2.72 bits per heavy atom. The van der Waals surface area contributed by atoms with Crippen LogP contribution in [-0.4, -0.2) is 26.1 Å². The number of rotatable bonds is 2. The SMILES string of the molecule is CC(C)C(=O)N1CCc2ccc(S(=O)O)cc2C1. The Balaban J connectivity index is 2.24. The van der Waals surface area contributed by atoms with Crippen molar-refractivity contribution in [2.75, 3.05) is 6.54 Å². The van der Waals surface area contributed by atoms with Crippen LogP contribution in [0.4, 0.5) is 0 Å². The highest BCUT2D eigenvalue weighted by Gasteiger charge is 2.22. The molecule has 0 radical (unpaired) electrons. The van der Waals surface area contributed by atoms with Gasteiger partial charge in [-0.2, -0.15) is 0 Å². The highest BCUT2D eigenvalue weighted by Crippen LogP contribution is 2.22. The van der Waals surface area contributed by atoms with Crippen LogP contribution < -0.4 is 0 Å². The maximum absolute atomic E-state index is 11.9. The van der Waals surface area contributed by atoms with E-state index in [9.17, 15) is 9.00 Å². The van der Waals surface area contributed by atoms with Gasteiger partial charge in [-0.05, 0) is 29.7 Å².